The Hall–Kier alpha value is 0.318. The molecule has 0 aliphatic carbocycles. The summed E-state index contributed by atoms with van der Waals surface area (Å²) in [6.07, 6.45) is 1.50. The van der Waals surface area contributed by atoms with E-state index in [1.165, 1.54) is 13.2 Å². The monoisotopic (exact) mass is 245 g/mol. The number of carbonyl (C=O) groups excluding carboxylic acids is 1. The maximum atomic E-state index is 8.68. The predicted molar refractivity (Wildman–Crippen MR) is 15.0 cm³/mol. The summed E-state index contributed by atoms with van der Waals surface area (Å²) in [6.45, 7) is 1.32. The second-order valence-electron chi connectivity index (χ2n) is 0.204. The van der Waals surface area contributed by atoms with Gasteiger partial charge in [0.25, 0.3) is 0 Å². The molecule has 3 heteroatoms. The van der Waals surface area contributed by atoms with Gasteiger partial charge in [-0.3, -0.25) is 6.29 Å². The molecule has 0 aromatic heterocycles. The first kappa shape index (κ1) is 18.5. The van der Waals surface area contributed by atoms with Crippen molar-refractivity contribution in [1.82, 2.24) is 0 Å². The molecule has 0 rings (SSSR count). The minimum Gasteiger partial charge on any atom is -0.542 e. The summed E-state index contributed by atoms with van der Waals surface area (Å²) in [5.41, 5.74) is 0. The van der Waals surface area contributed by atoms with E-state index in [9.17, 15) is 0 Å². The second kappa shape index (κ2) is 27.4. The fraction of sp³-hybridized carbons (Fsp3) is 0.500. The smallest absolute Gasteiger partial charge is 0 e. The van der Waals surface area contributed by atoms with Crippen LogP contribution < -0.4 is 0 Å². The van der Waals surface area contributed by atoms with Crippen molar-refractivity contribution >= 4 is 6.29 Å². The number of hydrogen-bond donors (Lipinski definition) is 0. The molecule has 0 unspecified atom stereocenters. The van der Waals surface area contributed by atoms with E-state index >= 15 is 0 Å². The molecule has 0 radical (unpaired) electrons. The molecule has 0 bridgehead atoms. The molecule has 0 saturated carbocycles. The minimum atomic E-state index is 0. The molecule has 0 heterocycles. The van der Waals surface area contributed by atoms with E-state index in [0.29, 0.717) is 0 Å². The van der Waals surface area contributed by atoms with Crippen LogP contribution in [0.2, 0.25) is 0 Å². The van der Waals surface area contributed by atoms with Crippen LogP contribution in [0.25, 0.3) is 0 Å². The Kier molecular flexibility index (Phi) is 101. The van der Waals surface area contributed by atoms with E-state index in [2.05, 4.69) is 0 Å². The van der Waals surface area contributed by atoms with Crippen LogP contribution in [-0.2, 0) is 25.9 Å². The van der Waals surface area contributed by atoms with Crippen LogP contribution in [0.5, 0.6) is 0 Å². The van der Waals surface area contributed by atoms with Gasteiger partial charge in [0, 0.05) is 21.1 Å². The molecule has 0 aliphatic rings. The molecule has 0 amide bonds. The maximum Gasteiger partial charge on any atom is 0 e. The average molecular weight is 245 g/mol. The third kappa shape index (κ3) is 229. The summed E-state index contributed by atoms with van der Waals surface area (Å²) < 4.78 is 0. The molecule has 0 fully saturated rings. The molecule has 0 spiro atoms. The van der Waals surface area contributed by atoms with Gasteiger partial charge in [-0.05, 0) is 0 Å². The zero-order valence-corrected chi connectivity index (χ0v) is 5.75. The van der Waals surface area contributed by atoms with E-state index in [1.807, 2.05) is 0 Å². The van der Waals surface area contributed by atoms with Gasteiger partial charge in [-0.2, -0.15) is 6.92 Å². The first-order chi connectivity index (χ1) is 1.41. The quantitative estimate of drug-likeness (QED) is 0.520. The van der Waals surface area contributed by atoms with Crippen molar-refractivity contribution in [3.05, 3.63) is 0 Å². The molecule has 0 atom stereocenters. The minimum absolute atomic E-state index is 0. The Bertz CT molecular complexity index is 15.1. The van der Waals surface area contributed by atoms with Gasteiger partial charge in [0.1, 0.15) is 0 Å². The van der Waals surface area contributed by atoms with Crippen molar-refractivity contribution in [2.45, 2.75) is 6.92 Å². The van der Waals surface area contributed by atoms with Crippen molar-refractivity contribution in [2.24, 2.45) is 0 Å². The van der Waals surface area contributed by atoms with Gasteiger partial charge in [0.15, 0.2) is 0 Å². The standard InChI is InChI=1S/C2H3O.H2O.W/c1-2-3;;/h1H3;1H2;/q-1;;. The van der Waals surface area contributed by atoms with E-state index < -0.39 is 0 Å². The van der Waals surface area contributed by atoms with Crippen LogP contribution in [0, 0.1) is 0 Å². The van der Waals surface area contributed by atoms with E-state index in [-0.39, 0.29) is 26.5 Å². The molecule has 2 N–H and O–H groups in total. The molecule has 0 aliphatic heterocycles. The summed E-state index contributed by atoms with van der Waals surface area (Å²) in [7, 11) is 0. The van der Waals surface area contributed by atoms with Gasteiger partial charge in [-0.25, -0.2) is 0 Å². The van der Waals surface area contributed by atoms with Gasteiger partial charge >= 0.3 is 0 Å². The Balaban J connectivity index is -0.0000000200. The third-order valence-corrected chi connectivity index (χ3v) is 0. The SMILES string of the molecule is C[C-]=O.O.[W]. The van der Waals surface area contributed by atoms with Crippen molar-refractivity contribution in [3.8, 4) is 0 Å². The van der Waals surface area contributed by atoms with Crippen molar-refractivity contribution in [2.75, 3.05) is 0 Å². The van der Waals surface area contributed by atoms with Crippen LogP contribution in [0.4, 0.5) is 0 Å². The fourth-order valence-corrected chi connectivity index (χ4v) is 0. The van der Waals surface area contributed by atoms with Gasteiger partial charge in [-0.15, -0.1) is 0 Å². The van der Waals surface area contributed by atoms with Crippen LogP contribution in [-0.4, -0.2) is 11.8 Å². The molecule has 32 valence electrons. The topological polar surface area (TPSA) is 48.6 Å². The fourth-order valence-electron chi connectivity index (χ4n) is 0. The molecule has 2 nitrogen and oxygen atoms in total. The van der Waals surface area contributed by atoms with Crippen LogP contribution in [0.15, 0.2) is 0 Å². The molecular formula is C2H5O2W-. The largest absolute Gasteiger partial charge is 0.542 e. The van der Waals surface area contributed by atoms with Gasteiger partial charge in [0.05, 0.1) is 0 Å². The van der Waals surface area contributed by atoms with Crippen LogP contribution in [0.1, 0.15) is 6.92 Å². The van der Waals surface area contributed by atoms with Gasteiger partial charge < -0.3 is 10.3 Å². The molecular weight excluding hydrogens is 240 g/mol. The number of rotatable bonds is 0. The summed E-state index contributed by atoms with van der Waals surface area (Å²) in [4.78, 5) is 8.68. The normalized spacial score (nSPS) is 2.60. The summed E-state index contributed by atoms with van der Waals surface area (Å²) in [6, 6.07) is 0. The number of hydrogen-bond acceptors (Lipinski definition) is 1. The molecule has 5 heavy (non-hydrogen) atoms. The van der Waals surface area contributed by atoms with Crippen molar-refractivity contribution < 1.29 is 31.3 Å². The third-order valence-electron chi connectivity index (χ3n) is 0. The Labute approximate surface area is 45.1 Å². The first-order valence-electron chi connectivity index (χ1n) is 0.704. The zero-order valence-electron chi connectivity index (χ0n) is 2.82. The Morgan fingerprint density at radius 3 is 1.60 bits per heavy atom. The van der Waals surface area contributed by atoms with E-state index in [1.54, 1.807) is 0 Å². The van der Waals surface area contributed by atoms with E-state index in [0.717, 1.165) is 0 Å². The van der Waals surface area contributed by atoms with Crippen LogP contribution in [0.3, 0.4) is 0 Å². The first-order valence-corrected chi connectivity index (χ1v) is 0.704. The van der Waals surface area contributed by atoms with E-state index in [4.69, 9.17) is 4.79 Å². The predicted octanol–water partition coefficient (Wildman–Crippen LogP) is -0.711. The Morgan fingerprint density at radius 2 is 1.60 bits per heavy atom. The maximum absolute atomic E-state index is 8.68. The molecule has 0 saturated heterocycles. The second-order valence-corrected chi connectivity index (χ2v) is 0.204. The molecule has 0 aromatic rings. The summed E-state index contributed by atoms with van der Waals surface area (Å²) >= 11 is 0. The molecule has 0 aromatic carbocycles. The Morgan fingerprint density at radius 1 is 1.60 bits per heavy atom. The van der Waals surface area contributed by atoms with Gasteiger partial charge in [0.2, 0.25) is 0 Å². The van der Waals surface area contributed by atoms with Gasteiger partial charge in [-0.1, -0.05) is 0 Å². The average Bonchev–Trinajstić information content (AvgIpc) is 0.918. The zero-order chi connectivity index (χ0) is 2.71. The van der Waals surface area contributed by atoms with Crippen molar-refractivity contribution in [3.63, 3.8) is 0 Å². The van der Waals surface area contributed by atoms with Crippen LogP contribution >= 0.6 is 0 Å². The summed E-state index contributed by atoms with van der Waals surface area (Å²) in [5, 5.41) is 0. The summed E-state index contributed by atoms with van der Waals surface area (Å²) in [5.74, 6) is 0. The van der Waals surface area contributed by atoms with Crippen molar-refractivity contribution in [1.29, 1.82) is 0 Å².